The number of ether oxygens (including phenoxy) is 1. The third-order valence-electron chi connectivity index (χ3n) is 2.67. The van der Waals surface area contributed by atoms with E-state index in [0.29, 0.717) is 0 Å². The first kappa shape index (κ1) is 30.7. The number of rotatable bonds is 4. The second kappa shape index (κ2) is 11.4. The molecule has 0 unspecified atom stereocenters. The number of hydrogen-bond acceptors (Lipinski definition) is 9. The van der Waals surface area contributed by atoms with Gasteiger partial charge in [-0.2, -0.15) is 0 Å². The smallest absolute Gasteiger partial charge is 0.549 e. The SMILES string of the molecule is O=C([O-])C1(C(=O)[O-])CCOC1(C(=O)[O-])C(=O)[O-].[Na+].[Na+].[Na+].[Na+]. The summed E-state index contributed by atoms with van der Waals surface area (Å²) >= 11 is 0. The minimum Gasteiger partial charge on any atom is -0.549 e. The average molecular weight is 336 g/mol. The van der Waals surface area contributed by atoms with Crippen LogP contribution in [-0.2, 0) is 23.9 Å². The molecule has 1 saturated heterocycles. The number of carbonyl (C=O) groups excluding carboxylic acids is 4. The van der Waals surface area contributed by atoms with Crippen molar-refractivity contribution in [2.45, 2.75) is 12.0 Å². The van der Waals surface area contributed by atoms with Gasteiger partial charge in [0.25, 0.3) is 0 Å². The molecular weight excluding hydrogens is 332 g/mol. The van der Waals surface area contributed by atoms with Gasteiger partial charge in [-0.15, -0.1) is 0 Å². The van der Waals surface area contributed by atoms with Crippen LogP contribution in [-0.4, -0.2) is 36.1 Å². The second-order valence-corrected chi connectivity index (χ2v) is 3.33. The molecule has 1 rings (SSSR count). The molecule has 1 fully saturated rings. The summed E-state index contributed by atoms with van der Waals surface area (Å²) in [5, 5.41) is 43.1. The first-order chi connectivity index (χ1) is 7.73. The van der Waals surface area contributed by atoms with Crippen LogP contribution in [0.5, 0.6) is 0 Å². The molecule has 1 heterocycles. The molecule has 0 spiro atoms. The van der Waals surface area contributed by atoms with Gasteiger partial charge in [0.05, 0.1) is 29.3 Å². The predicted octanol–water partition coefficient (Wildman–Crippen LogP) is -18.9. The van der Waals surface area contributed by atoms with E-state index in [-0.39, 0.29) is 118 Å². The first-order valence-electron chi connectivity index (χ1n) is 4.23. The zero-order chi connectivity index (χ0) is 13.4. The molecule has 0 radical (unpaired) electrons. The Morgan fingerprint density at radius 3 is 1.24 bits per heavy atom. The Balaban J connectivity index is -0.000000361. The molecule has 0 N–H and O–H groups in total. The Kier molecular flexibility index (Phi) is 16.7. The molecule has 1 aliphatic heterocycles. The second-order valence-electron chi connectivity index (χ2n) is 3.33. The Bertz CT molecular complexity index is 358. The fraction of sp³-hybridized carbons (Fsp3) is 0.500. The van der Waals surface area contributed by atoms with E-state index >= 15 is 0 Å². The molecule has 21 heavy (non-hydrogen) atoms. The minimum atomic E-state index is -3.66. The van der Waals surface area contributed by atoms with Crippen molar-refractivity contribution in [3.63, 3.8) is 0 Å². The van der Waals surface area contributed by atoms with E-state index in [2.05, 4.69) is 4.74 Å². The number of carboxylic acid groups (broad SMARTS) is 4. The van der Waals surface area contributed by atoms with Gasteiger partial charge < -0.3 is 44.3 Å². The Morgan fingerprint density at radius 2 is 1.05 bits per heavy atom. The van der Waals surface area contributed by atoms with Crippen LogP contribution >= 0.6 is 0 Å². The Morgan fingerprint density at radius 1 is 0.714 bits per heavy atom. The van der Waals surface area contributed by atoms with Crippen LogP contribution in [0.25, 0.3) is 0 Å². The van der Waals surface area contributed by atoms with E-state index in [1.165, 1.54) is 0 Å². The maximum Gasteiger partial charge on any atom is 1.00 e. The molecule has 9 nitrogen and oxygen atoms in total. The molecule has 0 aliphatic carbocycles. The van der Waals surface area contributed by atoms with Gasteiger partial charge in [0, 0.05) is 6.61 Å². The molecule has 1 aliphatic rings. The zero-order valence-corrected chi connectivity index (χ0v) is 20.1. The summed E-state index contributed by atoms with van der Waals surface area (Å²) in [4.78, 5) is 43.1. The summed E-state index contributed by atoms with van der Waals surface area (Å²) in [7, 11) is 0. The molecule has 0 atom stereocenters. The molecule has 0 aromatic heterocycles. The normalized spacial score (nSPS) is 16.8. The summed E-state index contributed by atoms with van der Waals surface area (Å²) in [6, 6.07) is 0. The van der Waals surface area contributed by atoms with Crippen molar-refractivity contribution in [2.75, 3.05) is 6.61 Å². The van der Waals surface area contributed by atoms with Gasteiger partial charge in [0.1, 0.15) is 0 Å². The number of carboxylic acids is 4. The van der Waals surface area contributed by atoms with Crippen LogP contribution in [0.1, 0.15) is 6.42 Å². The summed E-state index contributed by atoms with van der Waals surface area (Å²) in [6.45, 7) is -0.746. The van der Waals surface area contributed by atoms with Crippen molar-refractivity contribution in [3.05, 3.63) is 0 Å². The van der Waals surface area contributed by atoms with Crippen molar-refractivity contribution in [1.82, 2.24) is 0 Å². The van der Waals surface area contributed by atoms with Crippen LogP contribution < -0.4 is 139 Å². The van der Waals surface area contributed by atoms with E-state index < -0.39 is 47.9 Å². The summed E-state index contributed by atoms with van der Waals surface area (Å²) in [5.74, 6) is -10.0. The predicted molar refractivity (Wildman–Crippen MR) is 35.8 cm³/mol. The third kappa shape index (κ3) is 4.68. The first-order valence-corrected chi connectivity index (χ1v) is 4.23. The number of carbonyl (C=O) groups is 4. The Labute approximate surface area is 207 Å². The van der Waals surface area contributed by atoms with Crippen molar-refractivity contribution < 1.29 is 163 Å². The van der Waals surface area contributed by atoms with Gasteiger partial charge in [-0.25, -0.2) is 0 Å². The summed E-state index contributed by atoms with van der Waals surface area (Å²) < 4.78 is 4.24. The van der Waals surface area contributed by atoms with Gasteiger partial charge in [0.2, 0.25) is 0 Å². The average Bonchev–Trinajstić information content (AvgIpc) is 2.58. The standard InChI is InChI=1S/C8H8O9.4Na/c9-3(10)7(4(11)12)1-2-17-8(7,5(13)14)6(15)16;;;;/h1-2H2,(H,9,10)(H,11,12)(H,13,14)(H,15,16);;;;/q;4*+1/p-4. The van der Waals surface area contributed by atoms with Crippen molar-refractivity contribution in [1.29, 1.82) is 0 Å². The number of hydrogen-bond donors (Lipinski definition) is 0. The van der Waals surface area contributed by atoms with E-state index in [1.54, 1.807) is 0 Å². The van der Waals surface area contributed by atoms with Crippen LogP contribution in [0.2, 0.25) is 0 Å². The molecular formula is C8H4Na4O9. The maximum atomic E-state index is 10.8. The monoisotopic (exact) mass is 336 g/mol. The van der Waals surface area contributed by atoms with E-state index in [4.69, 9.17) is 0 Å². The number of aliphatic carboxylic acids is 4. The topological polar surface area (TPSA) is 170 Å². The van der Waals surface area contributed by atoms with Crippen molar-refractivity contribution >= 4 is 23.9 Å². The van der Waals surface area contributed by atoms with E-state index in [0.717, 1.165) is 0 Å². The van der Waals surface area contributed by atoms with Gasteiger partial charge in [-0.05, 0) is 6.42 Å². The van der Waals surface area contributed by atoms with Crippen molar-refractivity contribution in [2.24, 2.45) is 5.41 Å². The molecule has 0 saturated carbocycles. The summed E-state index contributed by atoms with van der Waals surface area (Å²) in [5.41, 5.74) is -7.05. The maximum absolute atomic E-state index is 10.8. The zero-order valence-electron chi connectivity index (χ0n) is 12.1. The van der Waals surface area contributed by atoms with Crippen molar-refractivity contribution in [3.8, 4) is 0 Å². The third-order valence-corrected chi connectivity index (χ3v) is 2.67. The molecule has 94 valence electrons. The fourth-order valence-electron chi connectivity index (χ4n) is 1.78. The van der Waals surface area contributed by atoms with E-state index in [1.807, 2.05) is 0 Å². The molecule has 0 aromatic carbocycles. The van der Waals surface area contributed by atoms with Crippen LogP contribution in [0.3, 0.4) is 0 Å². The largest absolute Gasteiger partial charge is 1.00 e. The molecule has 0 amide bonds. The van der Waals surface area contributed by atoms with Gasteiger partial charge in [-0.3, -0.25) is 0 Å². The van der Waals surface area contributed by atoms with Gasteiger partial charge in [0.15, 0.2) is 5.60 Å². The van der Waals surface area contributed by atoms with Crippen LogP contribution in [0.4, 0.5) is 0 Å². The Hall–Kier alpha value is 1.84. The van der Waals surface area contributed by atoms with Gasteiger partial charge >= 0.3 is 118 Å². The van der Waals surface area contributed by atoms with E-state index in [9.17, 15) is 39.6 Å². The van der Waals surface area contributed by atoms with Gasteiger partial charge in [-0.1, -0.05) is 0 Å². The molecule has 13 heteroatoms. The quantitative estimate of drug-likeness (QED) is 0.357. The fourth-order valence-corrected chi connectivity index (χ4v) is 1.78. The molecule has 0 aromatic rings. The minimum absolute atomic E-state index is 0. The van der Waals surface area contributed by atoms with Crippen LogP contribution in [0, 0.1) is 5.41 Å². The summed E-state index contributed by atoms with van der Waals surface area (Å²) in [6.07, 6.45) is -0.945. The van der Waals surface area contributed by atoms with Crippen LogP contribution in [0.15, 0.2) is 0 Å². The molecule has 0 bridgehead atoms.